The molecule has 0 aliphatic carbocycles. The zero-order valence-electron chi connectivity index (χ0n) is 15.4. The van der Waals surface area contributed by atoms with E-state index in [0.717, 1.165) is 38.8 Å². The number of nitrogens with one attached hydrogen (secondary N) is 1. The van der Waals surface area contributed by atoms with Gasteiger partial charge in [0, 0.05) is 29.1 Å². The summed E-state index contributed by atoms with van der Waals surface area (Å²) in [6, 6.07) is 15.7. The van der Waals surface area contributed by atoms with Crippen LogP contribution in [0.2, 0.25) is 0 Å². The van der Waals surface area contributed by atoms with Gasteiger partial charge in [-0.2, -0.15) is 0 Å². The Morgan fingerprint density at radius 2 is 1.80 bits per heavy atom. The van der Waals surface area contributed by atoms with E-state index in [1.165, 1.54) is 0 Å². The predicted octanol–water partition coefficient (Wildman–Crippen LogP) is -0.0840. The molecule has 0 spiro atoms. The molecule has 3 aromatic heterocycles. The number of aromatic amines is 1. The van der Waals surface area contributed by atoms with Gasteiger partial charge < -0.3 is 4.42 Å². The lowest BCUT2D eigenvalue weighted by Gasteiger charge is -2.17. The largest absolute Gasteiger partial charge is 0.417 e. The molecular weight excluding hydrogens is 416 g/mol. The van der Waals surface area contributed by atoms with Crippen molar-refractivity contribution in [3.8, 4) is 11.3 Å². The Labute approximate surface area is 170 Å². The minimum Gasteiger partial charge on any atom is -0.408 e. The zero-order chi connectivity index (χ0) is 21.5. The third-order valence-electron chi connectivity index (χ3n) is 4.32. The average Bonchev–Trinajstić information content (AvgIpc) is 3.03. The van der Waals surface area contributed by atoms with E-state index in [2.05, 4.69) is 16.0 Å². The third kappa shape index (κ3) is 4.30. The SMILES string of the molecule is Cc1cc2cc3[nH]c(=O)oc3cc2c(-c2ccc3ncccc3c2)[o+]1.[O-][Cl+3]([O-])([O-])[O-]. The summed E-state index contributed by atoms with van der Waals surface area (Å²) in [5.41, 5.74) is 3.07. The number of hydrogen-bond acceptors (Lipinski definition) is 7. The second kappa shape index (κ2) is 7.48. The van der Waals surface area contributed by atoms with E-state index in [0.29, 0.717) is 11.1 Å². The minimum atomic E-state index is -4.94. The van der Waals surface area contributed by atoms with Crippen LogP contribution in [0.15, 0.2) is 68.4 Å². The van der Waals surface area contributed by atoms with Crippen LogP contribution in [-0.4, -0.2) is 9.97 Å². The molecule has 0 saturated heterocycles. The van der Waals surface area contributed by atoms with E-state index in [1.54, 1.807) is 6.20 Å². The van der Waals surface area contributed by atoms with Crippen molar-refractivity contribution in [3.63, 3.8) is 0 Å². The number of nitrogens with zero attached hydrogens (tertiary/aromatic N) is 1. The van der Waals surface area contributed by atoms with Crippen LogP contribution in [0.4, 0.5) is 0 Å². The van der Waals surface area contributed by atoms with Crippen LogP contribution in [0.1, 0.15) is 5.76 Å². The lowest BCUT2D eigenvalue weighted by molar-refractivity contribution is -2.00. The maximum atomic E-state index is 11.5. The molecule has 0 atom stereocenters. The summed E-state index contributed by atoms with van der Waals surface area (Å²) >= 11 is 0. The summed E-state index contributed by atoms with van der Waals surface area (Å²) in [5.74, 6) is 1.07. The number of halogens is 1. The van der Waals surface area contributed by atoms with Gasteiger partial charge in [0.05, 0.1) is 28.9 Å². The fraction of sp³-hybridized carbons (Fsp3) is 0.0500. The standard InChI is InChI=1S/C20H12N2O3.ClHO4/c1-11-7-14-9-17-18(25-20(23)22-17)10-15(14)19(24-11)13-4-5-16-12(8-13)3-2-6-21-16;2-1(3,4)5/h2-10H,1H3;(H,2,3,4,5). The average molecular weight is 429 g/mol. The Balaban J connectivity index is 0.000000393. The molecule has 9 nitrogen and oxygen atoms in total. The van der Waals surface area contributed by atoms with E-state index in [1.807, 2.05) is 49.4 Å². The molecule has 5 aromatic rings. The molecule has 0 aliphatic heterocycles. The van der Waals surface area contributed by atoms with Gasteiger partial charge in [0.1, 0.15) is 0 Å². The lowest BCUT2D eigenvalue weighted by atomic mass is 10.0. The quantitative estimate of drug-likeness (QED) is 0.362. The third-order valence-corrected chi connectivity index (χ3v) is 4.32. The molecule has 0 unspecified atom stereocenters. The minimum absolute atomic E-state index is 0.461. The molecule has 2 aromatic carbocycles. The molecule has 0 radical (unpaired) electrons. The molecule has 3 heterocycles. The number of rotatable bonds is 1. The highest BCUT2D eigenvalue weighted by Gasteiger charge is 2.21. The lowest BCUT2D eigenvalue weighted by Crippen LogP contribution is -2.68. The first-order valence-electron chi connectivity index (χ1n) is 8.55. The van der Waals surface area contributed by atoms with Gasteiger partial charge in [-0.1, -0.05) is 6.07 Å². The second-order valence-electron chi connectivity index (χ2n) is 6.43. The van der Waals surface area contributed by atoms with Crippen LogP contribution >= 0.6 is 0 Å². The van der Waals surface area contributed by atoms with Crippen molar-refractivity contribution >= 4 is 32.8 Å². The van der Waals surface area contributed by atoms with Crippen molar-refractivity contribution < 1.29 is 37.7 Å². The molecule has 0 aliphatic rings. The first-order chi connectivity index (χ1) is 14.2. The first-order valence-corrected chi connectivity index (χ1v) is 9.78. The van der Waals surface area contributed by atoms with Gasteiger partial charge in [-0.3, -0.25) is 9.97 Å². The van der Waals surface area contributed by atoms with Gasteiger partial charge in [-0.05, 0) is 30.3 Å². The smallest absolute Gasteiger partial charge is 0.408 e. The van der Waals surface area contributed by atoms with Gasteiger partial charge in [-0.25, -0.2) is 27.8 Å². The van der Waals surface area contributed by atoms with Crippen LogP contribution in [-0.2, 0) is 0 Å². The van der Waals surface area contributed by atoms with Crippen molar-refractivity contribution in [2.24, 2.45) is 0 Å². The Bertz CT molecular complexity index is 1430. The predicted molar refractivity (Wildman–Crippen MR) is 96.5 cm³/mol. The summed E-state index contributed by atoms with van der Waals surface area (Å²) in [6.45, 7) is 1.91. The number of aryl methyl sites for hydroxylation is 1. The van der Waals surface area contributed by atoms with Crippen molar-refractivity contribution in [2.45, 2.75) is 6.92 Å². The molecule has 30 heavy (non-hydrogen) atoms. The van der Waals surface area contributed by atoms with E-state index in [-0.39, 0.29) is 0 Å². The summed E-state index contributed by atoms with van der Waals surface area (Å²) in [6.07, 6.45) is 1.78. The molecule has 10 heteroatoms. The summed E-state index contributed by atoms with van der Waals surface area (Å²) in [5, 5.41) is 2.91. The number of fused-ring (bicyclic) bond motifs is 3. The zero-order valence-corrected chi connectivity index (χ0v) is 16.1. The number of hydrogen-bond donors (Lipinski definition) is 1. The van der Waals surface area contributed by atoms with Crippen LogP contribution in [0, 0.1) is 17.2 Å². The fourth-order valence-corrected chi connectivity index (χ4v) is 3.23. The monoisotopic (exact) mass is 428 g/mol. The molecule has 152 valence electrons. The number of pyridine rings is 1. The Hall–Kier alpha value is -3.34. The van der Waals surface area contributed by atoms with Gasteiger partial charge in [0.25, 0.3) is 0 Å². The van der Waals surface area contributed by atoms with Gasteiger partial charge >= 0.3 is 17.3 Å². The second-order valence-corrected chi connectivity index (χ2v) is 7.18. The number of benzene rings is 2. The van der Waals surface area contributed by atoms with Crippen molar-refractivity contribution in [1.29, 1.82) is 0 Å². The molecule has 0 fully saturated rings. The van der Waals surface area contributed by atoms with E-state index in [4.69, 9.17) is 27.5 Å². The first kappa shape index (κ1) is 20.0. The topological polar surface area (TPSA) is 162 Å². The highest BCUT2D eigenvalue weighted by atomic mass is 35.7. The normalized spacial score (nSPS) is 11.6. The van der Waals surface area contributed by atoms with Gasteiger partial charge in [0.2, 0.25) is 0 Å². The molecule has 0 bridgehead atoms. The maximum Gasteiger partial charge on any atom is 0.417 e. The van der Waals surface area contributed by atoms with Crippen molar-refractivity contribution in [3.05, 3.63) is 71.0 Å². The highest BCUT2D eigenvalue weighted by molar-refractivity contribution is 6.01. The molecule has 0 amide bonds. The van der Waals surface area contributed by atoms with E-state index < -0.39 is 16.0 Å². The Morgan fingerprint density at radius 3 is 2.57 bits per heavy atom. The molecule has 5 rings (SSSR count). The number of oxazole rings is 1. The molecule has 0 saturated carbocycles. The highest BCUT2D eigenvalue weighted by Crippen LogP contribution is 2.33. The summed E-state index contributed by atoms with van der Waals surface area (Å²) in [4.78, 5) is 18.5. The van der Waals surface area contributed by atoms with Gasteiger partial charge in [0.15, 0.2) is 5.58 Å². The fourth-order valence-electron chi connectivity index (χ4n) is 3.23. The number of H-pyrrole nitrogens is 1. The van der Waals surface area contributed by atoms with Crippen molar-refractivity contribution in [1.82, 2.24) is 9.97 Å². The molecular formula is C20H13ClN2O7. The van der Waals surface area contributed by atoms with E-state index in [9.17, 15) is 4.79 Å². The Morgan fingerprint density at radius 1 is 1.03 bits per heavy atom. The molecule has 1 N–H and O–H groups in total. The van der Waals surface area contributed by atoms with Crippen LogP contribution in [0.5, 0.6) is 0 Å². The number of aromatic nitrogens is 2. The Kier molecular flexibility index (Phi) is 4.98. The van der Waals surface area contributed by atoms with Crippen LogP contribution in [0.25, 0.3) is 44.1 Å². The van der Waals surface area contributed by atoms with E-state index >= 15 is 0 Å². The van der Waals surface area contributed by atoms with Crippen molar-refractivity contribution in [2.75, 3.05) is 0 Å². The van der Waals surface area contributed by atoms with Crippen LogP contribution < -0.4 is 24.4 Å². The van der Waals surface area contributed by atoms with Gasteiger partial charge in [-0.15, -0.1) is 10.2 Å². The summed E-state index contributed by atoms with van der Waals surface area (Å²) in [7, 11) is -4.94. The maximum absolute atomic E-state index is 11.5. The van der Waals surface area contributed by atoms with Crippen LogP contribution in [0.3, 0.4) is 0 Å². The summed E-state index contributed by atoms with van der Waals surface area (Å²) < 4.78 is 45.2.